The minimum Gasteiger partial charge on any atom is -0.304 e. The van der Waals surface area contributed by atoms with Crippen LogP contribution in [-0.2, 0) is 17.4 Å². The van der Waals surface area contributed by atoms with E-state index in [1.54, 1.807) is 6.07 Å². The molecule has 0 unspecified atom stereocenters. The number of piperidine rings is 1. The van der Waals surface area contributed by atoms with Crippen molar-refractivity contribution in [1.29, 1.82) is 0 Å². The molecule has 1 aliphatic carbocycles. The monoisotopic (exact) mass is 362 g/mol. The van der Waals surface area contributed by atoms with E-state index in [-0.39, 0.29) is 11.8 Å². The zero-order valence-electron chi connectivity index (χ0n) is 13.8. The molecule has 8 heteroatoms. The van der Waals surface area contributed by atoms with E-state index in [9.17, 15) is 18.0 Å². The molecule has 1 N–H and O–H groups in total. The Morgan fingerprint density at radius 3 is 2.69 bits per heavy atom. The summed E-state index contributed by atoms with van der Waals surface area (Å²) in [6, 6.07) is 4.44. The summed E-state index contributed by atoms with van der Waals surface area (Å²) in [7, 11) is 0. The largest absolute Gasteiger partial charge is 0.433 e. The van der Waals surface area contributed by atoms with Gasteiger partial charge in [-0.3, -0.25) is 9.78 Å². The number of fused-ring (bicyclic) bond motifs is 1. The van der Waals surface area contributed by atoms with Gasteiger partial charge < -0.3 is 5.32 Å². The number of rotatable bonds is 5. The predicted molar refractivity (Wildman–Crippen MR) is 87.0 cm³/mol. The van der Waals surface area contributed by atoms with Gasteiger partial charge in [0.15, 0.2) is 0 Å². The average molecular weight is 362 g/mol. The van der Waals surface area contributed by atoms with Crippen molar-refractivity contribution in [3.8, 4) is 11.3 Å². The first-order valence-electron chi connectivity index (χ1n) is 8.53. The van der Waals surface area contributed by atoms with E-state index in [1.807, 2.05) is 0 Å². The molecule has 3 atom stereocenters. The summed E-state index contributed by atoms with van der Waals surface area (Å²) in [4.78, 5) is 23.9. The van der Waals surface area contributed by atoms with Gasteiger partial charge in [0.05, 0.1) is 11.7 Å². The molecule has 0 spiro atoms. The smallest absolute Gasteiger partial charge is 0.304 e. The van der Waals surface area contributed by atoms with E-state index in [0.29, 0.717) is 41.8 Å². The third kappa shape index (κ3) is 3.60. The summed E-state index contributed by atoms with van der Waals surface area (Å²) < 4.78 is 37.8. The molecule has 26 heavy (non-hydrogen) atoms. The summed E-state index contributed by atoms with van der Waals surface area (Å²) in [5, 5.41) is 3.34. The van der Waals surface area contributed by atoms with Gasteiger partial charge in [-0.25, -0.2) is 9.97 Å². The van der Waals surface area contributed by atoms with Gasteiger partial charge in [-0.2, -0.15) is 13.2 Å². The van der Waals surface area contributed by atoms with Gasteiger partial charge >= 0.3 is 6.18 Å². The fraction of sp³-hybridized carbons (Fsp3) is 0.444. The number of nitrogens with one attached hydrogen (secondary N) is 1. The second-order valence-corrected chi connectivity index (χ2v) is 6.85. The number of halogens is 3. The van der Waals surface area contributed by atoms with Crippen molar-refractivity contribution in [3.05, 3.63) is 42.1 Å². The topological polar surface area (TPSA) is 67.8 Å². The number of Topliss-reactive ketones (excluding diaryl/α,β-unsaturated/α-hetero) is 1. The van der Waals surface area contributed by atoms with Crippen LogP contribution in [0.4, 0.5) is 13.2 Å². The molecular weight excluding hydrogens is 345 g/mol. The lowest BCUT2D eigenvalue weighted by Crippen LogP contribution is -2.33. The van der Waals surface area contributed by atoms with Crippen LogP contribution in [-0.4, -0.2) is 32.8 Å². The van der Waals surface area contributed by atoms with Gasteiger partial charge in [-0.1, -0.05) is 0 Å². The van der Waals surface area contributed by atoms with Crippen LogP contribution in [0.5, 0.6) is 0 Å². The van der Waals surface area contributed by atoms with Crippen molar-refractivity contribution >= 4 is 5.78 Å². The van der Waals surface area contributed by atoms with Crippen LogP contribution >= 0.6 is 0 Å². The number of alkyl halides is 3. The van der Waals surface area contributed by atoms with Gasteiger partial charge in [0, 0.05) is 29.9 Å². The highest BCUT2D eigenvalue weighted by atomic mass is 19.4. The van der Waals surface area contributed by atoms with Gasteiger partial charge in [0.2, 0.25) is 0 Å². The first kappa shape index (κ1) is 17.1. The number of hydrogen-bond acceptors (Lipinski definition) is 5. The first-order valence-corrected chi connectivity index (χ1v) is 8.53. The molecule has 1 saturated heterocycles. The van der Waals surface area contributed by atoms with E-state index < -0.39 is 11.9 Å². The Balaban J connectivity index is 1.40. The highest BCUT2D eigenvalue weighted by molar-refractivity contribution is 5.84. The lowest BCUT2D eigenvalue weighted by atomic mass is 10.0. The van der Waals surface area contributed by atoms with Gasteiger partial charge in [0.25, 0.3) is 0 Å². The third-order valence-electron chi connectivity index (χ3n) is 4.97. The van der Waals surface area contributed by atoms with Crippen molar-refractivity contribution < 1.29 is 18.0 Å². The number of carbonyl (C=O) groups is 1. The highest BCUT2D eigenvalue weighted by Crippen LogP contribution is 2.41. The maximum atomic E-state index is 12.6. The highest BCUT2D eigenvalue weighted by Gasteiger charge is 2.47. The minimum atomic E-state index is -4.47. The molecule has 2 aromatic heterocycles. The molecule has 0 bridgehead atoms. The number of nitrogens with zero attached hydrogens (tertiary/aromatic N) is 3. The minimum absolute atomic E-state index is 0.0424. The first-order chi connectivity index (χ1) is 12.4. The van der Waals surface area contributed by atoms with Crippen LogP contribution in [0.15, 0.2) is 30.7 Å². The maximum absolute atomic E-state index is 12.6. The Labute approximate surface area is 148 Å². The Hall–Kier alpha value is -2.35. The normalized spacial score (nSPS) is 24.3. The molecular formula is C18H17F3N4O. The summed E-state index contributed by atoms with van der Waals surface area (Å²) in [6.45, 7) is 0. The maximum Gasteiger partial charge on any atom is 0.433 e. The summed E-state index contributed by atoms with van der Waals surface area (Å²) in [6.07, 6.45) is 1.01. The molecule has 136 valence electrons. The second kappa shape index (κ2) is 6.42. The van der Waals surface area contributed by atoms with Gasteiger partial charge in [-0.05, 0) is 43.4 Å². The molecule has 1 aliphatic heterocycles. The van der Waals surface area contributed by atoms with Crippen LogP contribution in [0.2, 0.25) is 0 Å². The quantitative estimate of drug-likeness (QED) is 0.886. The fourth-order valence-corrected chi connectivity index (χ4v) is 3.40. The number of carbonyl (C=O) groups excluding carboxylic acids is 1. The third-order valence-corrected chi connectivity index (χ3v) is 4.97. The molecule has 1 saturated carbocycles. The number of ketones is 1. The van der Waals surface area contributed by atoms with E-state index >= 15 is 0 Å². The Morgan fingerprint density at radius 1 is 1.19 bits per heavy atom. The molecule has 0 amide bonds. The molecule has 0 aromatic carbocycles. The zero-order valence-corrected chi connectivity index (χ0v) is 13.8. The van der Waals surface area contributed by atoms with Crippen molar-refractivity contribution in [2.24, 2.45) is 5.92 Å². The molecule has 5 nitrogen and oxygen atoms in total. The lowest BCUT2D eigenvalue weighted by Gasteiger charge is -2.11. The number of pyridine rings is 1. The molecule has 2 aromatic rings. The van der Waals surface area contributed by atoms with Crippen LogP contribution in [0.25, 0.3) is 11.3 Å². The summed E-state index contributed by atoms with van der Waals surface area (Å²) in [5.74, 6) is 0.857. The average Bonchev–Trinajstić information content (AvgIpc) is 3.24. The Kier molecular flexibility index (Phi) is 4.22. The van der Waals surface area contributed by atoms with Crippen LogP contribution in [0.3, 0.4) is 0 Å². The molecule has 3 heterocycles. The van der Waals surface area contributed by atoms with E-state index in [2.05, 4.69) is 20.3 Å². The summed E-state index contributed by atoms with van der Waals surface area (Å²) in [5.41, 5.74) is 0.712. The van der Waals surface area contributed by atoms with E-state index in [0.717, 1.165) is 18.7 Å². The Bertz CT molecular complexity index is 812. The van der Waals surface area contributed by atoms with Gasteiger partial charge in [0.1, 0.15) is 17.8 Å². The van der Waals surface area contributed by atoms with Crippen molar-refractivity contribution in [3.63, 3.8) is 0 Å². The van der Waals surface area contributed by atoms with Crippen molar-refractivity contribution in [1.82, 2.24) is 20.3 Å². The molecule has 4 rings (SSSR count). The van der Waals surface area contributed by atoms with Crippen LogP contribution < -0.4 is 5.32 Å². The number of aromatic nitrogens is 3. The standard InChI is InChI=1S/C18H17F3N4O/c19-18(20,21)17-4-1-10(8-22-17)13-7-12(23-9-24-13)2-3-16(26)15-6-11-5-14(11)25-15/h1,4,7-9,11,14-15,25H,2-3,5-6H2/t11-,14-,15+/m1/s1. The lowest BCUT2D eigenvalue weighted by molar-refractivity contribution is -0.141. The zero-order chi connectivity index (χ0) is 18.3. The molecule has 0 radical (unpaired) electrons. The second-order valence-electron chi connectivity index (χ2n) is 6.85. The SMILES string of the molecule is O=C(CCc1cc(-c2ccc(C(F)(F)F)nc2)ncn1)[C@@H]1C[C@H]2C[C@H]2N1. The molecule has 2 aliphatic rings. The fourth-order valence-electron chi connectivity index (χ4n) is 3.40. The summed E-state index contributed by atoms with van der Waals surface area (Å²) >= 11 is 0. The Morgan fingerprint density at radius 2 is 2.04 bits per heavy atom. The number of aryl methyl sites for hydroxylation is 1. The van der Waals surface area contributed by atoms with Gasteiger partial charge in [-0.15, -0.1) is 0 Å². The van der Waals surface area contributed by atoms with Crippen LogP contribution in [0.1, 0.15) is 30.7 Å². The van der Waals surface area contributed by atoms with E-state index in [1.165, 1.54) is 18.8 Å². The number of hydrogen-bond donors (Lipinski definition) is 1. The molecule has 2 fully saturated rings. The van der Waals surface area contributed by atoms with Crippen LogP contribution in [0, 0.1) is 5.92 Å². The predicted octanol–water partition coefficient (Wildman–Crippen LogP) is 2.81. The van der Waals surface area contributed by atoms with Crippen molar-refractivity contribution in [2.45, 2.75) is 43.9 Å². The van der Waals surface area contributed by atoms with E-state index in [4.69, 9.17) is 0 Å². The van der Waals surface area contributed by atoms with Crippen molar-refractivity contribution in [2.75, 3.05) is 0 Å².